The van der Waals surface area contributed by atoms with Gasteiger partial charge >= 0.3 is 5.97 Å². The van der Waals surface area contributed by atoms with Crippen molar-refractivity contribution in [3.05, 3.63) is 53.3 Å². The van der Waals surface area contributed by atoms with Crippen molar-refractivity contribution in [2.45, 2.75) is 26.4 Å². The highest BCUT2D eigenvalue weighted by Crippen LogP contribution is 2.35. The maximum absolute atomic E-state index is 11.6. The van der Waals surface area contributed by atoms with Crippen LogP contribution in [0.15, 0.2) is 33.2 Å². The van der Waals surface area contributed by atoms with E-state index in [-0.39, 0.29) is 5.75 Å². The number of hydrogen-bond acceptors (Lipinski definition) is 4. The van der Waals surface area contributed by atoms with Crippen molar-refractivity contribution in [1.29, 1.82) is 0 Å². The second kappa shape index (κ2) is 12.4. The molecule has 0 aliphatic rings. The van der Waals surface area contributed by atoms with Crippen LogP contribution in [0.2, 0.25) is 20.1 Å². The zero-order chi connectivity index (χ0) is 21.4. The molecule has 0 aliphatic carbocycles. The number of ether oxygens (including phenoxy) is 2. The summed E-state index contributed by atoms with van der Waals surface area (Å²) in [6.07, 6.45) is -0.150. The van der Waals surface area contributed by atoms with Crippen LogP contribution in [0.1, 0.15) is 20.3 Å². The molecule has 0 spiro atoms. The van der Waals surface area contributed by atoms with Crippen molar-refractivity contribution in [3.8, 4) is 11.5 Å². The van der Waals surface area contributed by atoms with Crippen LogP contribution in [-0.2, 0) is 9.53 Å². The van der Waals surface area contributed by atoms with Gasteiger partial charge in [0.15, 0.2) is 6.10 Å². The van der Waals surface area contributed by atoms with Crippen LogP contribution in [0.3, 0.4) is 0 Å². The second-order valence-electron chi connectivity index (χ2n) is 5.19. The summed E-state index contributed by atoms with van der Waals surface area (Å²) in [7, 11) is 0. The first-order valence-electron chi connectivity index (χ1n) is 7.91. The topological polar surface area (TPSA) is 55.8 Å². The first-order valence-corrected chi connectivity index (χ1v) is 11.0. The third kappa shape index (κ3) is 7.81. The molecule has 2 rings (SSSR count). The van der Waals surface area contributed by atoms with Crippen molar-refractivity contribution in [2.75, 3.05) is 6.61 Å². The van der Waals surface area contributed by atoms with Gasteiger partial charge in [-0.3, -0.25) is 0 Å². The monoisotopic (exact) mass is 594 g/mol. The summed E-state index contributed by atoms with van der Waals surface area (Å²) in [6, 6.07) is 6.02. The Kier molecular flexibility index (Phi) is 11.3. The fourth-order valence-corrected chi connectivity index (χ4v) is 3.24. The van der Waals surface area contributed by atoms with Crippen LogP contribution in [0.4, 0.5) is 0 Å². The van der Waals surface area contributed by atoms with Crippen molar-refractivity contribution < 1.29 is 19.4 Å². The Morgan fingerprint density at radius 1 is 0.964 bits per heavy atom. The molecule has 0 saturated carbocycles. The van der Waals surface area contributed by atoms with Gasteiger partial charge in [0.2, 0.25) is 0 Å². The average molecular weight is 598 g/mol. The molecule has 1 unspecified atom stereocenters. The van der Waals surface area contributed by atoms with E-state index >= 15 is 0 Å². The highest BCUT2D eigenvalue weighted by atomic mass is 79.9. The number of rotatable bonds is 5. The minimum Gasteiger partial charge on any atom is -0.508 e. The maximum atomic E-state index is 11.6. The lowest BCUT2D eigenvalue weighted by atomic mass is 10.2. The van der Waals surface area contributed by atoms with Gasteiger partial charge < -0.3 is 14.6 Å². The zero-order valence-corrected chi connectivity index (χ0v) is 20.9. The van der Waals surface area contributed by atoms with E-state index in [2.05, 4.69) is 31.9 Å². The lowest BCUT2D eigenvalue weighted by Crippen LogP contribution is -2.28. The van der Waals surface area contributed by atoms with Gasteiger partial charge in [0.05, 0.1) is 35.6 Å². The van der Waals surface area contributed by atoms with Gasteiger partial charge in [0.25, 0.3) is 0 Å². The molecule has 154 valence electrons. The zero-order valence-electron chi connectivity index (χ0n) is 14.7. The van der Waals surface area contributed by atoms with E-state index in [0.717, 1.165) is 0 Å². The Morgan fingerprint density at radius 3 is 1.79 bits per heavy atom. The van der Waals surface area contributed by atoms with E-state index in [1.165, 1.54) is 12.1 Å². The molecule has 1 atom stereocenters. The summed E-state index contributed by atoms with van der Waals surface area (Å²) in [5.74, 6) is 0.112. The first-order chi connectivity index (χ1) is 13.1. The van der Waals surface area contributed by atoms with Gasteiger partial charge in [-0.2, -0.15) is 0 Å². The molecule has 2 aromatic rings. The van der Waals surface area contributed by atoms with Crippen molar-refractivity contribution in [3.63, 3.8) is 0 Å². The molecular formula is C18H16Br2Cl4O4. The Bertz CT molecular complexity index is 787. The van der Waals surface area contributed by atoms with Crippen LogP contribution in [-0.4, -0.2) is 23.8 Å². The number of carbonyl (C=O) groups is 1. The van der Waals surface area contributed by atoms with Crippen LogP contribution >= 0.6 is 78.3 Å². The van der Waals surface area contributed by atoms with Gasteiger partial charge in [-0.1, -0.05) is 53.3 Å². The molecule has 0 aliphatic heterocycles. The Labute approximate surface area is 200 Å². The number of esters is 1. The molecule has 2 aromatic carbocycles. The van der Waals surface area contributed by atoms with Crippen LogP contribution in [0, 0.1) is 0 Å². The lowest BCUT2D eigenvalue weighted by Gasteiger charge is -2.16. The number of hydrogen-bond donors (Lipinski definition) is 1. The summed E-state index contributed by atoms with van der Waals surface area (Å²) >= 11 is 29.6. The predicted octanol–water partition coefficient (Wildman–Crippen LogP) is 7.94. The molecule has 0 amide bonds. The van der Waals surface area contributed by atoms with Gasteiger partial charge in [0, 0.05) is 12.1 Å². The Balaban J connectivity index is 0.000000330. The summed E-state index contributed by atoms with van der Waals surface area (Å²) in [5, 5.41) is 10.6. The van der Waals surface area contributed by atoms with E-state index in [1.54, 1.807) is 19.1 Å². The van der Waals surface area contributed by atoms with E-state index in [9.17, 15) is 4.79 Å². The number of carbonyl (C=O) groups excluding carboxylic acids is 1. The number of aromatic hydroxyl groups is 1. The first kappa shape index (κ1) is 25.7. The van der Waals surface area contributed by atoms with E-state index in [4.69, 9.17) is 61.0 Å². The van der Waals surface area contributed by atoms with Gasteiger partial charge in [0.1, 0.15) is 11.5 Å². The summed E-state index contributed by atoms with van der Waals surface area (Å²) in [6.45, 7) is 3.90. The second-order valence-corrected chi connectivity index (χ2v) is 8.41. The Hall–Kier alpha value is -0.370. The standard InChI is InChI=1S/C12H13BrCl2O3.C6H3BrCl2O/c1-3-10(12(16)17-4-2)18-7-5-8(14)11(13)9(15)6-7;7-6-4(8)1-3(10)2-5(6)9/h5-6,10H,3-4H2,1-2H3;1-2,10H. The summed E-state index contributed by atoms with van der Waals surface area (Å²) in [5.41, 5.74) is 0. The minimum atomic E-state index is -0.654. The largest absolute Gasteiger partial charge is 0.508 e. The molecular weight excluding hydrogens is 582 g/mol. The summed E-state index contributed by atoms with van der Waals surface area (Å²) < 4.78 is 11.6. The smallest absolute Gasteiger partial charge is 0.347 e. The SMILES string of the molecule is CCOC(=O)C(CC)Oc1cc(Cl)c(Br)c(Cl)c1.Oc1cc(Cl)c(Br)c(Cl)c1. The van der Waals surface area contributed by atoms with Crippen LogP contribution < -0.4 is 4.74 Å². The van der Waals surface area contributed by atoms with E-state index in [1.807, 2.05) is 6.92 Å². The predicted molar refractivity (Wildman–Crippen MR) is 121 cm³/mol. The molecule has 0 bridgehead atoms. The van der Waals surface area contributed by atoms with Gasteiger partial charge in [-0.05, 0) is 57.3 Å². The fourth-order valence-electron chi connectivity index (χ4n) is 1.84. The molecule has 0 fully saturated rings. The maximum Gasteiger partial charge on any atom is 0.347 e. The normalized spacial score (nSPS) is 11.3. The summed E-state index contributed by atoms with van der Waals surface area (Å²) in [4.78, 5) is 11.6. The molecule has 0 saturated heterocycles. The third-order valence-corrected chi connectivity index (χ3v) is 6.94. The molecule has 0 aromatic heterocycles. The number of phenols is 1. The van der Waals surface area contributed by atoms with Gasteiger partial charge in [-0.15, -0.1) is 0 Å². The highest BCUT2D eigenvalue weighted by Gasteiger charge is 2.20. The van der Waals surface area contributed by atoms with E-state index in [0.29, 0.717) is 47.8 Å². The lowest BCUT2D eigenvalue weighted by molar-refractivity contribution is -0.151. The highest BCUT2D eigenvalue weighted by molar-refractivity contribution is 9.11. The third-order valence-electron chi connectivity index (χ3n) is 3.12. The quantitative estimate of drug-likeness (QED) is 0.281. The molecule has 0 radical (unpaired) electrons. The molecule has 28 heavy (non-hydrogen) atoms. The van der Waals surface area contributed by atoms with Crippen LogP contribution in [0.5, 0.6) is 11.5 Å². The minimum absolute atomic E-state index is 0.0678. The number of halogens is 6. The number of phenolic OH excluding ortho intramolecular Hbond substituents is 1. The molecule has 1 N–H and O–H groups in total. The number of benzene rings is 2. The fraction of sp³-hybridized carbons (Fsp3) is 0.278. The van der Waals surface area contributed by atoms with Gasteiger partial charge in [-0.25, -0.2) is 4.79 Å². The Morgan fingerprint density at radius 2 is 1.39 bits per heavy atom. The average Bonchev–Trinajstić information content (AvgIpc) is 2.62. The molecule has 4 nitrogen and oxygen atoms in total. The van der Waals surface area contributed by atoms with Crippen molar-refractivity contribution >= 4 is 84.2 Å². The van der Waals surface area contributed by atoms with Crippen LogP contribution in [0.25, 0.3) is 0 Å². The van der Waals surface area contributed by atoms with Crippen molar-refractivity contribution in [1.82, 2.24) is 0 Å². The molecule has 10 heteroatoms. The van der Waals surface area contributed by atoms with Crippen molar-refractivity contribution in [2.24, 2.45) is 0 Å². The molecule has 0 heterocycles. The van der Waals surface area contributed by atoms with E-state index < -0.39 is 12.1 Å².